The van der Waals surface area contributed by atoms with E-state index in [2.05, 4.69) is 11.0 Å². The van der Waals surface area contributed by atoms with Crippen LogP contribution >= 0.6 is 0 Å². The van der Waals surface area contributed by atoms with Gasteiger partial charge in [-0.25, -0.2) is 0 Å². The minimum Gasteiger partial charge on any atom is -0.495 e. The molecule has 5 nitrogen and oxygen atoms in total. The summed E-state index contributed by atoms with van der Waals surface area (Å²) in [5.74, 6) is 1.60. The van der Waals surface area contributed by atoms with Crippen molar-refractivity contribution < 1.29 is 14.3 Å². The van der Waals surface area contributed by atoms with Gasteiger partial charge >= 0.3 is 0 Å². The van der Waals surface area contributed by atoms with Crippen molar-refractivity contribution in [2.45, 2.75) is 0 Å². The van der Waals surface area contributed by atoms with Crippen molar-refractivity contribution in [1.82, 2.24) is 4.90 Å². The molecule has 0 aromatic heterocycles. The summed E-state index contributed by atoms with van der Waals surface area (Å²) in [5.41, 5.74) is 3.14. The summed E-state index contributed by atoms with van der Waals surface area (Å²) < 4.78 is 11.4. The van der Waals surface area contributed by atoms with Crippen molar-refractivity contribution in [3.8, 4) is 22.6 Å². The normalized spacial score (nSPS) is 13.8. The largest absolute Gasteiger partial charge is 0.495 e. The van der Waals surface area contributed by atoms with E-state index in [1.165, 1.54) is 0 Å². The Balaban J connectivity index is 1.35. The van der Waals surface area contributed by atoms with Crippen LogP contribution in [0.2, 0.25) is 0 Å². The zero-order valence-corrected chi connectivity index (χ0v) is 17.2. The molecule has 4 rings (SSSR count). The highest BCUT2D eigenvalue weighted by atomic mass is 16.5. The maximum absolute atomic E-state index is 12.7. The molecule has 1 aliphatic heterocycles. The Kier molecular flexibility index (Phi) is 6.18. The first-order valence-corrected chi connectivity index (χ1v) is 10.2. The number of amides is 1. The van der Waals surface area contributed by atoms with E-state index < -0.39 is 0 Å². The maximum atomic E-state index is 12.7. The first-order chi connectivity index (χ1) is 14.8. The number of ether oxygens (including phenoxy) is 2. The monoisotopic (exact) mass is 402 g/mol. The summed E-state index contributed by atoms with van der Waals surface area (Å²) >= 11 is 0. The lowest BCUT2D eigenvalue weighted by Gasteiger charge is -2.36. The Morgan fingerprint density at radius 3 is 2.17 bits per heavy atom. The molecule has 1 heterocycles. The van der Waals surface area contributed by atoms with Crippen LogP contribution in [0.1, 0.15) is 0 Å². The molecule has 30 heavy (non-hydrogen) atoms. The van der Waals surface area contributed by atoms with Gasteiger partial charge in [0.2, 0.25) is 0 Å². The van der Waals surface area contributed by atoms with E-state index in [4.69, 9.17) is 9.47 Å². The van der Waals surface area contributed by atoms with Crippen LogP contribution in [0.25, 0.3) is 11.1 Å². The standard InChI is InChI=1S/C25H26N2O3/c1-29-24-14-8-6-12-22(24)26-15-17-27(18-16-26)25(28)19-30-23-13-7-5-11-21(23)20-9-3-2-4-10-20/h2-14H,15-19H2,1H3. The molecule has 0 unspecified atom stereocenters. The van der Waals surface area contributed by atoms with Crippen LogP contribution < -0.4 is 14.4 Å². The summed E-state index contributed by atoms with van der Waals surface area (Å²) in [4.78, 5) is 16.9. The van der Waals surface area contributed by atoms with Crippen LogP contribution in [0.5, 0.6) is 11.5 Å². The molecule has 1 fully saturated rings. The third kappa shape index (κ3) is 4.40. The summed E-state index contributed by atoms with van der Waals surface area (Å²) in [5, 5.41) is 0. The number of benzene rings is 3. The van der Waals surface area contributed by atoms with Gasteiger partial charge < -0.3 is 19.3 Å². The SMILES string of the molecule is COc1ccccc1N1CCN(C(=O)COc2ccccc2-c2ccccc2)CC1. The lowest BCUT2D eigenvalue weighted by molar-refractivity contribution is -0.133. The number of hydrogen-bond acceptors (Lipinski definition) is 4. The van der Waals surface area contributed by atoms with Gasteiger partial charge in [0.25, 0.3) is 5.91 Å². The summed E-state index contributed by atoms with van der Waals surface area (Å²) in [6.45, 7) is 2.92. The Morgan fingerprint density at radius 1 is 0.800 bits per heavy atom. The molecule has 0 aliphatic carbocycles. The van der Waals surface area contributed by atoms with E-state index in [-0.39, 0.29) is 12.5 Å². The number of rotatable bonds is 6. The number of methoxy groups -OCH3 is 1. The van der Waals surface area contributed by atoms with E-state index in [1.54, 1.807) is 7.11 Å². The predicted molar refractivity (Wildman–Crippen MR) is 119 cm³/mol. The van der Waals surface area contributed by atoms with Crippen molar-refractivity contribution >= 4 is 11.6 Å². The number of para-hydroxylation sites is 3. The number of nitrogens with zero attached hydrogens (tertiary/aromatic N) is 2. The van der Waals surface area contributed by atoms with Crippen molar-refractivity contribution in [2.24, 2.45) is 0 Å². The lowest BCUT2D eigenvalue weighted by atomic mass is 10.1. The zero-order valence-electron chi connectivity index (χ0n) is 17.2. The zero-order chi connectivity index (χ0) is 20.8. The Bertz CT molecular complexity index is 982. The van der Waals surface area contributed by atoms with Gasteiger partial charge in [-0.3, -0.25) is 4.79 Å². The minimum absolute atomic E-state index is 0.0116. The first-order valence-electron chi connectivity index (χ1n) is 10.2. The fourth-order valence-corrected chi connectivity index (χ4v) is 3.77. The van der Waals surface area contributed by atoms with Crippen molar-refractivity contribution in [1.29, 1.82) is 0 Å². The number of anilines is 1. The summed E-state index contributed by atoms with van der Waals surface area (Å²) in [6.07, 6.45) is 0. The van der Waals surface area contributed by atoms with E-state index in [9.17, 15) is 4.79 Å². The molecule has 3 aromatic rings. The third-order valence-corrected chi connectivity index (χ3v) is 5.38. The summed E-state index contributed by atoms with van der Waals surface area (Å²) in [7, 11) is 1.68. The smallest absolute Gasteiger partial charge is 0.260 e. The average Bonchev–Trinajstić information content (AvgIpc) is 2.83. The highest BCUT2D eigenvalue weighted by Gasteiger charge is 2.23. The van der Waals surface area contributed by atoms with E-state index in [0.717, 1.165) is 41.4 Å². The van der Waals surface area contributed by atoms with Crippen LogP contribution in [0.3, 0.4) is 0 Å². The van der Waals surface area contributed by atoms with Crippen LogP contribution in [0.4, 0.5) is 5.69 Å². The Hall–Kier alpha value is -3.47. The van der Waals surface area contributed by atoms with Gasteiger partial charge in [-0.05, 0) is 23.8 Å². The fourth-order valence-electron chi connectivity index (χ4n) is 3.77. The van der Waals surface area contributed by atoms with Crippen LogP contribution in [0.15, 0.2) is 78.9 Å². The van der Waals surface area contributed by atoms with Crippen LogP contribution in [-0.2, 0) is 4.79 Å². The number of hydrogen-bond donors (Lipinski definition) is 0. The fraction of sp³-hybridized carbons (Fsp3) is 0.240. The van der Waals surface area contributed by atoms with Crippen molar-refractivity contribution in [3.05, 3.63) is 78.9 Å². The van der Waals surface area contributed by atoms with Gasteiger partial charge in [0.05, 0.1) is 12.8 Å². The molecule has 1 aliphatic rings. The van der Waals surface area contributed by atoms with E-state index >= 15 is 0 Å². The van der Waals surface area contributed by atoms with Crippen LogP contribution in [-0.4, -0.2) is 50.7 Å². The second-order valence-electron chi connectivity index (χ2n) is 7.19. The average molecular weight is 402 g/mol. The highest BCUT2D eigenvalue weighted by Crippen LogP contribution is 2.30. The van der Waals surface area contributed by atoms with Gasteiger partial charge in [-0.2, -0.15) is 0 Å². The quantitative estimate of drug-likeness (QED) is 0.623. The maximum Gasteiger partial charge on any atom is 0.260 e. The Labute approximate surface area is 177 Å². The number of carbonyl (C=O) groups excluding carboxylic acids is 1. The molecule has 3 aromatic carbocycles. The molecule has 0 spiro atoms. The van der Waals surface area contributed by atoms with Gasteiger partial charge in [0.15, 0.2) is 6.61 Å². The molecule has 0 bridgehead atoms. The summed E-state index contributed by atoms with van der Waals surface area (Å²) in [6, 6.07) is 25.9. The van der Waals surface area contributed by atoms with Crippen molar-refractivity contribution in [3.63, 3.8) is 0 Å². The molecular formula is C25H26N2O3. The van der Waals surface area contributed by atoms with E-state index in [0.29, 0.717) is 13.1 Å². The number of piperazine rings is 1. The molecule has 0 radical (unpaired) electrons. The van der Waals surface area contributed by atoms with Gasteiger partial charge in [-0.1, -0.05) is 60.7 Å². The number of carbonyl (C=O) groups is 1. The van der Waals surface area contributed by atoms with Gasteiger partial charge in [0.1, 0.15) is 11.5 Å². The Morgan fingerprint density at radius 2 is 1.43 bits per heavy atom. The lowest BCUT2D eigenvalue weighted by Crippen LogP contribution is -2.50. The third-order valence-electron chi connectivity index (χ3n) is 5.38. The van der Waals surface area contributed by atoms with Gasteiger partial charge in [0, 0.05) is 31.7 Å². The molecule has 0 atom stereocenters. The predicted octanol–water partition coefficient (Wildman–Crippen LogP) is 4.09. The van der Waals surface area contributed by atoms with E-state index in [1.807, 2.05) is 77.7 Å². The molecular weight excluding hydrogens is 376 g/mol. The molecule has 1 amide bonds. The molecule has 0 saturated carbocycles. The second-order valence-corrected chi connectivity index (χ2v) is 7.19. The molecule has 5 heteroatoms. The molecule has 0 N–H and O–H groups in total. The minimum atomic E-state index is 0.0116. The molecule has 1 saturated heterocycles. The highest BCUT2D eigenvalue weighted by molar-refractivity contribution is 5.79. The molecule has 154 valence electrons. The van der Waals surface area contributed by atoms with Crippen molar-refractivity contribution in [2.75, 3.05) is 44.8 Å². The van der Waals surface area contributed by atoms with Gasteiger partial charge in [-0.15, -0.1) is 0 Å². The second kappa shape index (κ2) is 9.35. The first kappa shape index (κ1) is 19.8. The topological polar surface area (TPSA) is 42.0 Å². The van der Waals surface area contributed by atoms with Crippen LogP contribution in [0, 0.1) is 0 Å².